The van der Waals surface area contributed by atoms with Gasteiger partial charge in [-0.25, -0.2) is 17.9 Å². The number of carbonyl (C=O) groups excluding carboxylic acids is 1. The summed E-state index contributed by atoms with van der Waals surface area (Å²) in [6.07, 6.45) is 2.35. The topological polar surface area (TPSA) is 128 Å². The van der Waals surface area contributed by atoms with Crippen LogP contribution in [0.15, 0.2) is 0 Å². The molecule has 0 unspecified atom stereocenters. The van der Waals surface area contributed by atoms with Gasteiger partial charge in [-0.3, -0.25) is 4.79 Å². The van der Waals surface area contributed by atoms with Gasteiger partial charge in [-0.1, -0.05) is 0 Å². The van der Waals surface area contributed by atoms with Gasteiger partial charge in [0, 0.05) is 30.2 Å². The van der Waals surface area contributed by atoms with Crippen LogP contribution in [0.4, 0.5) is 4.79 Å². The Labute approximate surface area is 154 Å². The number of sulfonamides is 1. The SMILES string of the molecule is CC(C)(C)N[C@@H]1CC[C@H](N2CC[C@H](NC(=O)O)C2=O)[C@@H](NS(C)(=O)=O)C1. The summed E-state index contributed by atoms with van der Waals surface area (Å²) in [5.74, 6) is -0.278. The van der Waals surface area contributed by atoms with E-state index in [-0.39, 0.29) is 23.5 Å². The van der Waals surface area contributed by atoms with Crippen LogP contribution in [0.25, 0.3) is 0 Å². The maximum atomic E-state index is 12.6. The minimum absolute atomic E-state index is 0.0902. The number of hydrogen-bond acceptors (Lipinski definition) is 5. The number of amides is 2. The van der Waals surface area contributed by atoms with Crippen molar-refractivity contribution in [2.75, 3.05) is 12.8 Å². The van der Waals surface area contributed by atoms with Gasteiger partial charge in [0.2, 0.25) is 15.9 Å². The Bertz CT molecular complexity index is 646. The van der Waals surface area contributed by atoms with E-state index in [4.69, 9.17) is 5.11 Å². The van der Waals surface area contributed by atoms with Gasteiger partial charge in [0.25, 0.3) is 0 Å². The molecular formula is C16H30N4O5S. The average molecular weight is 391 g/mol. The van der Waals surface area contributed by atoms with E-state index in [1.54, 1.807) is 4.90 Å². The predicted molar refractivity (Wildman–Crippen MR) is 97.4 cm³/mol. The van der Waals surface area contributed by atoms with E-state index in [9.17, 15) is 18.0 Å². The second-order valence-electron chi connectivity index (χ2n) is 8.29. The molecular weight excluding hydrogens is 360 g/mol. The fraction of sp³-hybridized carbons (Fsp3) is 0.875. The zero-order valence-corrected chi connectivity index (χ0v) is 16.6. The monoisotopic (exact) mass is 390 g/mol. The molecule has 2 fully saturated rings. The Morgan fingerprint density at radius 1 is 1.23 bits per heavy atom. The van der Waals surface area contributed by atoms with E-state index in [1.807, 2.05) is 0 Å². The second kappa shape index (κ2) is 7.69. The van der Waals surface area contributed by atoms with Gasteiger partial charge in [0.15, 0.2) is 0 Å². The van der Waals surface area contributed by atoms with E-state index in [2.05, 4.69) is 36.1 Å². The lowest BCUT2D eigenvalue weighted by molar-refractivity contribution is -0.132. The van der Waals surface area contributed by atoms with Gasteiger partial charge in [-0.2, -0.15) is 0 Å². The van der Waals surface area contributed by atoms with E-state index in [0.29, 0.717) is 25.8 Å². The number of rotatable bonds is 5. The highest BCUT2D eigenvalue weighted by atomic mass is 32.2. The van der Waals surface area contributed by atoms with Gasteiger partial charge in [0.1, 0.15) is 6.04 Å². The Morgan fingerprint density at radius 2 is 1.88 bits per heavy atom. The molecule has 1 heterocycles. The second-order valence-corrected chi connectivity index (χ2v) is 10.1. The van der Waals surface area contributed by atoms with Gasteiger partial charge in [-0.05, 0) is 46.5 Å². The van der Waals surface area contributed by atoms with Gasteiger partial charge < -0.3 is 20.6 Å². The van der Waals surface area contributed by atoms with Crippen molar-refractivity contribution in [3.63, 3.8) is 0 Å². The highest BCUT2D eigenvalue weighted by Gasteiger charge is 2.43. The molecule has 1 saturated heterocycles. The van der Waals surface area contributed by atoms with Gasteiger partial charge >= 0.3 is 6.09 Å². The molecule has 0 spiro atoms. The summed E-state index contributed by atoms with van der Waals surface area (Å²) in [7, 11) is -3.43. The molecule has 2 aliphatic rings. The summed E-state index contributed by atoms with van der Waals surface area (Å²) in [6.45, 7) is 6.60. The molecule has 0 aromatic heterocycles. The number of hydrogen-bond donors (Lipinski definition) is 4. The van der Waals surface area contributed by atoms with Crippen LogP contribution in [-0.4, -0.2) is 72.9 Å². The summed E-state index contributed by atoms with van der Waals surface area (Å²) >= 11 is 0. The van der Waals surface area contributed by atoms with Crippen molar-refractivity contribution in [2.45, 2.75) is 76.2 Å². The first kappa shape index (κ1) is 20.9. The maximum Gasteiger partial charge on any atom is 0.405 e. The van der Waals surface area contributed by atoms with E-state index in [0.717, 1.165) is 12.7 Å². The molecule has 10 heteroatoms. The first-order valence-corrected chi connectivity index (χ1v) is 10.8. The number of nitrogens with zero attached hydrogens (tertiary/aromatic N) is 1. The van der Waals surface area contributed by atoms with E-state index >= 15 is 0 Å². The molecule has 0 aromatic rings. The van der Waals surface area contributed by atoms with Gasteiger partial charge in [0.05, 0.1) is 6.26 Å². The summed E-state index contributed by atoms with van der Waals surface area (Å²) in [5, 5.41) is 14.6. The van der Waals surface area contributed by atoms with Crippen LogP contribution in [-0.2, 0) is 14.8 Å². The fourth-order valence-corrected chi connectivity index (χ4v) is 4.79. The van der Waals surface area contributed by atoms with Crippen LogP contribution >= 0.6 is 0 Å². The van der Waals surface area contributed by atoms with Crippen LogP contribution < -0.4 is 15.4 Å². The number of likely N-dealkylation sites (tertiary alicyclic amines) is 1. The first-order valence-electron chi connectivity index (χ1n) is 8.90. The van der Waals surface area contributed by atoms with Crippen molar-refractivity contribution in [3.8, 4) is 0 Å². The quantitative estimate of drug-likeness (QED) is 0.526. The molecule has 2 rings (SSSR count). The lowest BCUT2D eigenvalue weighted by Gasteiger charge is -2.43. The summed E-state index contributed by atoms with van der Waals surface area (Å²) in [5.41, 5.74) is -0.0902. The summed E-state index contributed by atoms with van der Waals surface area (Å²) < 4.78 is 26.3. The Morgan fingerprint density at radius 3 is 2.42 bits per heavy atom. The Balaban J connectivity index is 2.13. The number of carbonyl (C=O) groups is 2. The van der Waals surface area contributed by atoms with Crippen LogP contribution in [0.2, 0.25) is 0 Å². The van der Waals surface area contributed by atoms with Crippen molar-refractivity contribution in [1.82, 2.24) is 20.3 Å². The lowest BCUT2D eigenvalue weighted by atomic mass is 9.85. The molecule has 2 amide bonds. The average Bonchev–Trinajstić information content (AvgIpc) is 2.76. The van der Waals surface area contributed by atoms with Crippen LogP contribution in [0.3, 0.4) is 0 Å². The molecule has 9 nitrogen and oxygen atoms in total. The predicted octanol–water partition coefficient (Wildman–Crippen LogP) is 0.0819. The maximum absolute atomic E-state index is 12.6. The Kier molecular flexibility index (Phi) is 6.19. The highest BCUT2D eigenvalue weighted by Crippen LogP contribution is 2.28. The molecule has 1 aliphatic carbocycles. The van der Waals surface area contributed by atoms with Crippen LogP contribution in [0, 0.1) is 0 Å². The van der Waals surface area contributed by atoms with Crippen molar-refractivity contribution in [3.05, 3.63) is 0 Å². The largest absolute Gasteiger partial charge is 0.465 e. The van der Waals surface area contributed by atoms with Crippen molar-refractivity contribution in [1.29, 1.82) is 0 Å². The molecule has 0 radical (unpaired) electrons. The van der Waals surface area contributed by atoms with Crippen molar-refractivity contribution < 1.29 is 23.1 Å². The summed E-state index contributed by atoms with van der Waals surface area (Å²) in [4.78, 5) is 25.0. The fourth-order valence-electron chi connectivity index (χ4n) is 3.99. The number of carboxylic acid groups (broad SMARTS) is 1. The highest BCUT2D eigenvalue weighted by molar-refractivity contribution is 7.88. The van der Waals surface area contributed by atoms with E-state index in [1.165, 1.54) is 0 Å². The van der Waals surface area contributed by atoms with Crippen LogP contribution in [0.1, 0.15) is 46.5 Å². The molecule has 26 heavy (non-hydrogen) atoms. The molecule has 150 valence electrons. The first-order chi connectivity index (χ1) is 11.9. The van der Waals surface area contributed by atoms with Crippen LogP contribution in [0.5, 0.6) is 0 Å². The third-order valence-electron chi connectivity index (χ3n) is 4.75. The molecule has 0 aromatic carbocycles. The standard InChI is InChI=1S/C16H30N4O5S/c1-16(2,3)18-10-5-6-13(12(9-10)19-26(4,24)25)20-8-7-11(14(20)21)17-15(22)23/h10-13,17-19H,5-9H2,1-4H3,(H,22,23)/t10-,11+,12+,13+/m1/s1. The normalized spacial score (nSPS) is 30.5. The third-order valence-corrected chi connectivity index (χ3v) is 5.49. The van der Waals surface area contributed by atoms with E-state index < -0.39 is 28.2 Å². The lowest BCUT2D eigenvalue weighted by Crippen LogP contribution is -2.59. The van der Waals surface area contributed by atoms with Gasteiger partial charge in [-0.15, -0.1) is 0 Å². The zero-order chi connectivity index (χ0) is 19.7. The Hall–Kier alpha value is -1.39. The zero-order valence-electron chi connectivity index (χ0n) is 15.8. The molecule has 4 N–H and O–H groups in total. The number of nitrogens with one attached hydrogen (secondary N) is 3. The summed E-state index contributed by atoms with van der Waals surface area (Å²) in [6, 6.07) is -1.27. The van der Waals surface area contributed by atoms with Crippen molar-refractivity contribution >= 4 is 22.0 Å². The smallest absolute Gasteiger partial charge is 0.405 e. The molecule has 4 atom stereocenters. The minimum Gasteiger partial charge on any atom is -0.465 e. The molecule has 0 bridgehead atoms. The third kappa shape index (κ3) is 5.82. The molecule has 1 aliphatic heterocycles. The van der Waals surface area contributed by atoms with Crippen molar-refractivity contribution in [2.24, 2.45) is 0 Å². The minimum atomic E-state index is -3.43. The molecule has 1 saturated carbocycles.